The van der Waals surface area contributed by atoms with Crippen LogP contribution in [0.4, 0.5) is 10.5 Å². The lowest BCUT2D eigenvalue weighted by Gasteiger charge is -2.29. The van der Waals surface area contributed by atoms with Crippen LogP contribution in [0, 0.1) is 0 Å². The molecule has 2 saturated heterocycles. The summed E-state index contributed by atoms with van der Waals surface area (Å²) >= 11 is 0. The van der Waals surface area contributed by atoms with Gasteiger partial charge in [-0.2, -0.15) is 5.10 Å². The summed E-state index contributed by atoms with van der Waals surface area (Å²) in [5.41, 5.74) is 2.05. The van der Waals surface area contributed by atoms with Crippen LogP contribution in [0.2, 0.25) is 0 Å². The molecule has 1 aromatic heterocycles. The Morgan fingerprint density at radius 2 is 2.08 bits per heavy atom. The Hall–Kier alpha value is -1.56. The van der Waals surface area contributed by atoms with E-state index in [2.05, 4.69) is 22.0 Å². The fourth-order valence-corrected chi connectivity index (χ4v) is 4.83. The van der Waals surface area contributed by atoms with E-state index in [4.69, 9.17) is 4.74 Å². The van der Waals surface area contributed by atoms with E-state index in [1.165, 1.54) is 25.7 Å². The van der Waals surface area contributed by atoms with Gasteiger partial charge >= 0.3 is 6.03 Å². The van der Waals surface area contributed by atoms with E-state index < -0.39 is 0 Å². The van der Waals surface area contributed by atoms with Crippen LogP contribution in [0.3, 0.4) is 0 Å². The molecule has 1 saturated carbocycles. The summed E-state index contributed by atoms with van der Waals surface area (Å²) in [4.78, 5) is 14.9. The second-order valence-corrected chi connectivity index (χ2v) is 7.63. The molecule has 0 aromatic carbocycles. The van der Waals surface area contributed by atoms with E-state index in [0.717, 1.165) is 56.6 Å². The molecular formula is C19H30N4O2. The number of nitrogens with zero attached hydrogens (tertiary/aromatic N) is 3. The number of ether oxygens (including phenoxy) is 1. The van der Waals surface area contributed by atoms with Gasteiger partial charge in [0, 0.05) is 13.2 Å². The summed E-state index contributed by atoms with van der Waals surface area (Å²) in [7, 11) is 0. The molecule has 2 aliphatic heterocycles. The highest BCUT2D eigenvalue weighted by molar-refractivity contribution is 5.90. The number of hydrogen-bond acceptors (Lipinski definition) is 3. The number of carbonyl (C=O) groups excluding carboxylic acids is 1. The Labute approximate surface area is 149 Å². The topological polar surface area (TPSA) is 59.4 Å². The predicted octanol–water partition coefficient (Wildman–Crippen LogP) is 3.74. The summed E-state index contributed by atoms with van der Waals surface area (Å²) in [5, 5.41) is 7.75. The molecule has 2 amide bonds. The number of urea groups is 1. The molecule has 3 aliphatic rings. The van der Waals surface area contributed by atoms with Crippen LogP contribution < -0.4 is 5.32 Å². The van der Waals surface area contributed by atoms with Gasteiger partial charge in [-0.1, -0.05) is 19.8 Å². The highest BCUT2D eigenvalue weighted by atomic mass is 16.5. The zero-order valence-electron chi connectivity index (χ0n) is 15.2. The Balaban J connectivity index is 1.46. The SMILES string of the molecule is CCc1c(NC(=O)N2CCC[C@@H]2[C@@H]2CCCO2)cnn1C1CCCC1. The summed E-state index contributed by atoms with van der Waals surface area (Å²) in [6, 6.07) is 0.753. The largest absolute Gasteiger partial charge is 0.376 e. The lowest BCUT2D eigenvalue weighted by Crippen LogP contribution is -2.44. The van der Waals surface area contributed by atoms with Gasteiger partial charge in [0.25, 0.3) is 0 Å². The average molecular weight is 346 g/mol. The van der Waals surface area contributed by atoms with Crippen LogP contribution in [0.1, 0.15) is 70.0 Å². The maximum atomic E-state index is 12.9. The quantitative estimate of drug-likeness (QED) is 0.903. The zero-order valence-corrected chi connectivity index (χ0v) is 15.2. The first-order valence-electron chi connectivity index (χ1n) is 10.0. The van der Waals surface area contributed by atoms with E-state index in [1.54, 1.807) is 0 Å². The number of carbonyl (C=O) groups is 1. The first-order valence-corrected chi connectivity index (χ1v) is 10.0. The molecule has 1 aromatic rings. The van der Waals surface area contributed by atoms with Crippen molar-refractivity contribution in [1.29, 1.82) is 0 Å². The Bertz CT molecular complexity index is 603. The number of anilines is 1. The van der Waals surface area contributed by atoms with Gasteiger partial charge in [0.15, 0.2) is 0 Å². The number of likely N-dealkylation sites (tertiary alicyclic amines) is 1. The minimum absolute atomic E-state index is 0.0127. The molecule has 6 nitrogen and oxygen atoms in total. The van der Waals surface area contributed by atoms with Gasteiger partial charge in [-0.15, -0.1) is 0 Å². The molecule has 4 rings (SSSR count). The molecule has 1 aliphatic carbocycles. The fourth-order valence-electron chi connectivity index (χ4n) is 4.83. The maximum Gasteiger partial charge on any atom is 0.322 e. The van der Waals surface area contributed by atoms with E-state index >= 15 is 0 Å². The van der Waals surface area contributed by atoms with Crippen LogP contribution in [-0.4, -0.2) is 46.0 Å². The summed E-state index contributed by atoms with van der Waals surface area (Å²) in [6.45, 7) is 3.81. The third-order valence-corrected chi connectivity index (χ3v) is 6.10. The van der Waals surface area contributed by atoms with Crippen molar-refractivity contribution >= 4 is 11.7 Å². The van der Waals surface area contributed by atoms with Gasteiger partial charge < -0.3 is 15.0 Å². The molecule has 1 N–H and O–H groups in total. The summed E-state index contributed by atoms with van der Waals surface area (Å²) in [5.74, 6) is 0. The standard InChI is InChI=1S/C19H30N4O2/c1-2-16-15(13-20-23(16)14-7-3-4-8-14)21-19(24)22-11-5-9-17(22)18-10-6-12-25-18/h13-14,17-18H,2-12H2,1H3,(H,21,24)/t17-,18+/m1/s1. The number of hydrogen-bond donors (Lipinski definition) is 1. The van der Waals surface area contributed by atoms with E-state index in [9.17, 15) is 4.79 Å². The molecular weight excluding hydrogens is 316 g/mol. The second-order valence-electron chi connectivity index (χ2n) is 7.63. The summed E-state index contributed by atoms with van der Waals surface area (Å²) in [6.07, 6.45) is 12.2. The van der Waals surface area contributed by atoms with Gasteiger partial charge in [0.05, 0.1) is 35.8 Å². The lowest BCUT2D eigenvalue weighted by molar-refractivity contribution is 0.0543. The van der Waals surface area contributed by atoms with Gasteiger partial charge in [0.1, 0.15) is 0 Å². The van der Waals surface area contributed by atoms with Crippen LogP contribution >= 0.6 is 0 Å². The van der Waals surface area contributed by atoms with Crippen molar-refractivity contribution < 1.29 is 9.53 Å². The van der Waals surface area contributed by atoms with Crippen molar-refractivity contribution in [3.05, 3.63) is 11.9 Å². The van der Waals surface area contributed by atoms with Gasteiger partial charge in [-0.05, 0) is 44.9 Å². The van der Waals surface area contributed by atoms with Crippen LogP contribution in [0.5, 0.6) is 0 Å². The smallest absolute Gasteiger partial charge is 0.322 e. The maximum absolute atomic E-state index is 12.9. The molecule has 0 radical (unpaired) electrons. The minimum Gasteiger partial charge on any atom is -0.376 e. The number of amides is 2. The molecule has 0 bridgehead atoms. The predicted molar refractivity (Wildman–Crippen MR) is 96.8 cm³/mol. The van der Waals surface area contributed by atoms with Crippen LogP contribution in [0.25, 0.3) is 0 Å². The molecule has 2 atom stereocenters. The van der Waals surface area contributed by atoms with Crippen molar-refractivity contribution in [3.63, 3.8) is 0 Å². The van der Waals surface area contributed by atoms with Crippen molar-refractivity contribution in [2.75, 3.05) is 18.5 Å². The lowest BCUT2D eigenvalue weighted by atomic mass is 10.1. The third kappa shape index (κ3) is 3.28. The van der Waals surface area contributed by atoms with Crippen molar-refractivity contribution in [1.82, 2.24) is 14.7 Å². The third-order valence-electron chi connectivity index (χ3n) is 6.10. The average Bonchev–Trinajstić information content (AvgIpc) is 3.40. The normalized spacial score (nSPS) is 27.3. The first kappa shape index (κ1) is 16.9. The highest BCUT2D eigenvalue weighted by Gasteiger charge is 2.37. The van der Waals surface area contributed by atoms with Crippen molar-refractivity contribution in [2.45, 2.75) is 82.9 Å². The molecule has 0 spiro atoms. The molecule has 0 unspecified atom stereocenters. The zero-order chi connectivity index (χ0) is 17.2. The molecule has 25 heavy (non-hydrogen) atoms. The number of aromatic nitrogens is 2. The van der Waals surface area contributed by atoms with E-state index in [-0.39, 0.29) is 18.2 Å². The van der Waals surface area contributed by atoms with Gasteiger partial charge in [-0.3, -0.25) is 4.68 Å². The Kier molecular flexibility index (Phi) is 4.97. The molecule has 3 heterocycles. The summed E-state index contributed by atoms with van der Waals surface area (Å²) < 4.78 is 8.00. The van der Waals surface area contributed by atoms with Crippen LogP contribution in [-0.2, 0) is 11.2 Å². The number of nitrogens with one attached hydrogen (secondary N) is 1. The van der Waals surface area contributed by atoms with Crippen LogP contribution in [0.15, 0.2) is 6.20 Å². The van der Waals surface area contributed by atoms with E-state index in [0.29, 0.717) is 6.04 Å². The highest BCUT2D eigenvalue weighted by Crippen LogP contribution is 2.33. The molecule has 3 fully saturated rings. The minimum atomic E-state index is 0.0127. The van der Waals surface area contributed by atoms with Crippen molar-refractivity contribution in [2.24, 2.45) is 0 Å². The van der Waals surface area contributed by atoms with E-state index in [1.807, 2.05) is 11.1 Å². The van der Waals surface area contributed by atoms with Gasteiger partial charge in [-0.25, -0.2) is 4.79 Å². The number of rotatable bonds is 4. The first-order chi connectivity index (χ1) is 12.3. The van der Waals surface area contributed by atoms with Gasteiger partial charge in [0.2, 0.25) is 0 Å². The molecule has 6 heteroatoms. The fraction of sp³-hybridized carbons (Fsp3) is 0.789. The Morgan fingerprint density at radius 1 is 1.24 bits per heavy atom. The Morgan fingerprint density at radius 3 is 2.80 bits per heavy atom. The van der Waals surface area contributed by atoms with Crippen molar-refractivity contribution in [3.8, 4) is 0 Å². The monoisotopic (exact) mass is 346 g/mol. The second kappa shape index (κ2) is 7.36. The molecule has 138 valence electrons.